The highest BCUT2D eigenvalue weighted by Crippen LogP contribution is 2.19. The van der Waals surface area contributed by atoms with Gasteiger partial charge in [-0.2, -0.15) is 0 Å². The molecule has 1 aromatic heterocycles. The van der Waals surface area contributed by atoms with Crippen molar-refractivity contribution in [2.75, 3.05) is 5.43 Å². The summed E-state index contributed by atoms with van der Waals surface area (Å²) in [7, 11) is 0. The number of hydrazine groups is 1. The van der Waals surface area contributed by atoms with Crippen molar-refractivity contribution in [1.82, 2.24) is 10.3 Å². The summed E-state index contributed by atoms with van der Waals surface area (Å²) in [5.41, 5.74) is 2.88. The number of rotatable bonds is 3. The summed E-state index contributed by atoms with van der Waals surface area (Å²) < 4.78 is 0. The molecule has 0 aromatic carbocycles. The molecule has 5 nitrogen and oxygen atoms in total. The van der Waals surface area contributed by atoms with E-state index in [9.17, 15) is 4.79 Å². The van der Waals surface area contributed by atoms with Crippen molar-refractivity contribution in [2.24, 2.45) is 5.84 Å². The number of aromatic nitrogens is 1. The first-order valence-corrected chi connectivity index (χ1v) is 7.02. The number of nitrogens with one attached hydrogen (secondary N) is 2. The molecule has 6 heteroatoms. The van der Waals surface area contributed by atoms with Crippen LogP contribution in [0.1, 0.15) is 48.9 Å². The van der Waals surface area contributed by atoms with E-state index in [1.165, 1.54) is 25.7 Å². The molecule has 2 rings (SSSR count). The number of hydrogen-bond acceptors (Lipinski definition) is 4. The van der Waals surface area contributed by atoms with E-state index in [1.807, 2.05) is 0 Å². The predicted molar refractivity (Wildman–Crippen MR) is 76.0 cm³/mol. The van der Waals surface area contributed by atoms with Gasteiger partial charge in [-0.15, -0.1) is 0 Å². The minimum Gasteiger partial charge on any atom is -0.349 e. The third-order valence-corrected chi connectivity index (χ3v) is 3.59. The summed E-state index contributed by atoms with van der Waals surface area (Å²) in [4.78, 5) is 16.1. The van der Waals surface area contributed by atoms with Gasteiger partial charge in [-0.25, -0.2) is 10.8 Å². The fourth-order valence-corrected chi connectivity index (χ4v) is 2.60. The zero-order valence-electron chi connectivity index (χ0n) is 10.8. The van der Waals surface area contributed by atoms with E-state index >= 15 is 0 Å². The van der Waals surface area contributed by atoms with Gasteiger partial charge in [-0.1, -0.05) is 37.3 Å². The first-order valence-electron chi connectivity index (χ1n) is 6.64. The zero-order valence-corrected chi connectivity index (χ0v) is 11.5. The molecule has 1 aromatic rings. The van der Waals surface area contributed by atoms with Crippen molar-refractivity contribution in [3.63, 3.8) is 0 Å². The monoisotopic (exact) mass is 282 g/mol. The molecule has 1 aliphatic rings. The topological polar surface area (TPSA) is 80.0 Å². The van der Waals surface area contributed by atoms with Crippen molar-refractivity contribution in [1.29, 1.82) is 0 Å². The number of pyridine rings is 1. The van der Waals surface area contributed by atoms with E-state index in [-0.39, 0.29) is 17.1 Å². The van der Waals surface area contributed by atoms with Crippen LogP contribution < -0.4 is 16.6 Å². The van der Waals surface area contributed by atoms with Gasteiger partial charge in [0.1, 0.15) is 11.0 Å². The summed E-state index contributed by atoms with van der Waals surface area (Å²) in [5.74, 6) is 5.56. The van der Waals surface area contributed by atoms with Crippen LogP contribution in [0.2, 0.25) is 5.15 Å². The van der Waals surface area contributed by atoms with Crippen molar-refractivity contribution < 1.29 is 4.79 Å². The van der Waals surface area contributed by atoms with Crippen molar-refractivity contribution in [2.45, 2.75) is 44.6 Å². The van der Waals surface area contributed by atoms with Gasteiger partial charge < -0.3 is 10.7 Å². The summed E-state index contributed by atoms with van der Waals surface area (Å²) in [5, 5.41) is 3.31. The Hall–Kier alpha value is -1.33. The molecule has 1 fully saturated rings. The number of carbonyl (C=O) groups excluding carboxylic acids is 1. The fourth-order valence-electron chi connectivity index (χ4n) is 2.39. The van der Waals surface area contributed by atoms with E-state index in [2.05, 4.69) is 15.7 Å². The standard InChI is InChI=1S/C13H19ClN4O/c14-11-7-9(8-12(17-11)18-15)13(19)16-10-5-3-1-2-4-6-10/h7-8,10H,1-6,15H2,(H,16,19)(H,17,18). The normalized spacial score (nSPS) is 16.7. The molecule has 1 amide bonds. The van der Waals surface area contributed by atoms with Gasteiger partial charge in [0.05, 0.1) is 0 Å². The lowest BCUT2D eigenvalue weighted by Gasteiger charge is -2.16. The van der Waals surface area contributed by atoms with Gasteiger partial charge in [0.2, 0.25) is 0 Å². The van der Waals surface area contributed by atoms with Crippen LogP contribution in [0.25, 0.3) is 0 Å². The van der Waals surface area contributed by atoms with Crippen molar-refractivity contribution in [3.05, 3.63) is 22.8 Å². The number of nitrogens with zero attached hydrogens (tertiary/aromatic N) is 1. The second-order valence-corrected chi connectivity index (χ2v) is 5.26. The zero-order chi connectivity index (χ0) is 13.7. The maximum Gasteiger partial charge on any atom is 0.251 e. The maximum absolute atomic E-state index is 12.2. The lowest BCUT2D eigenvalue weighted by atomic mass is 10.1. The number of anilines is 1. The molecule has 0 spiro atoms. The minimum atomic E-state index is -0.118. The minimum absolute atomic E-state index is 0.118. The third kappa shape index (κ3) is 4.08. The van der Waals surface area contributed by atoms with E-state index in [4.69, 9.17) is 17.4 Å². The molecule has 4 N–H and O–H groups in total. The average Bonchev–Trinajstić information content (AvgIpc) is 2.66. The van der Waals surface area contributed by atoms with Crippen LogP contribution in [0, 0.1) is 0 Å². The third-order valence-electron chi connectivity index (χ3n) is 3.39. The van der Waals surface area contributed by atoms with Crippen LogP contribution >= 0.6 is 11.6 Å². The molecule has 19 heavy (non-hydrogen) atoms. The molecule has 1 saturated carbocycles. The lowest BCUT2D eigenvalue weighted by molar-refractivity contribution is 0.0933. The summed E-state index contributed by atoms with van der Waals surface area (Å²) in [6.45, 7) is 0. The predicted octanol–water partition coefficient (Wildman–Crippen LogP) is 2.47. The van der Waals surface area contributed by atoms with Gasteiger partial charge in [0.25, 0.3) is 5.91 Å². The molecular formula is C13H19ClN4O. The Morgan fingerprint density at radius 1 is 1.26 bits per heavy atom. The van der Waals surface area contributed by atoms with E-state index in [1.54, 1.807) is 12.1 Å². The van der Waals surface area contributed by atoms with Gasteiger partial charge in [-0.05, 0) is 25.0 Å². The van der Waals surface area contributed by atoms with Crippen LogP contribution in [0.4, 0.5) is 5.82 Å². The van der Waals surface area contributed by atoms with Gasteiger partial charge in [0, 0.05) is 11.6 Å². The summed E-state index contributed by atoms with van der Waals surface area (Å²) in [6.07, 6.45) is 6.97. The Morgan fingerprint density at radius 3 is 2.58 bits per heavy atom. The number of halogens is 1. The molecular weight excluding hydrogens is 264 g/mol. The van der Waals surface area contributed by atoms with Gasteiger partial charge in [0.15, 0.2) is 0 Å². The Bertz CT molecular complexity index is 444. The lowest BCUT2D eigenvalue weighted by Crippen LogP contribution is -2.34. The summed E-state index contributed by atoms with van der Waals surface area (Å²) >= 11 is 5.86. The molecule has 0 aliphatic heterocycles. The van der Waals surface area contributed by atoms with Crippen molar-refractivity contribution in [3.8, 4) is 0 Å². The number of carbonyl (C=O) groups is 1. The van der Waals surface area contributed by atoms with Gasteiger partial charge >= 0.3 is 0 Å². The van der Waals surface area contributed by atoms with Crippen LogP contribution in [0.5, 0.6) is 0 Å². The summed E-state index contributed by atoms with van der Waals surface area (Å²) in [6, 6.07) is 3.41. The van der Waals surface area contributed by atoms with Crippen LogP contribution in [-0.2, 0) is 0 Å². The fraction of sp³-hybridized carbons (Fsp3) is 0.538. The van der Waals surface area contributed by atoms with Crippen molar-refractivity contribution >= 4 is 23.3 Å². The molecule has 0 atom stereocenters. The number of nitrogens with two attached hydrogens (primary N) is 1. The second kappa shape index (κ2) is 6.73. The molecule has 104 valence electrons. The SMILES string of the molecule is NNc1cc(C(=O)NC2CCCCCC2)cc(Cl)n1. The van der Waals surface area contributed by atoms with Crippen LogP contribution in [-0.4, -0.2) is 16.9 Å². The number of amides is 1. The highest BCUT2D eigenvalue weighted by molar-refractivity contribution is 6.29. The number of hydrogen-bond donors (Lipinski definition) is 3. The average molecular weight is 283 g/mol. The quantitative estimate of drug-likeness (QED) is 0.344. The second-order valence-electron chi connectivity index (χ2n) is 4.87. The molecule has 0 bridgehead atoms. The molecule has 0 saturated heterocycles. The Kier molecular flexibility index (Phi) is 4.99. The largest absolute Gasteiger partial charge is 0.349 e. The molecule has 1 heterocycles. The van der Waals surface area contributed by atoms with Crippen LogP contribution in [0.15, 0.2) is 12.1 Å². The molecule has 0 radical (unpaired) electrons. The highest BCUT2D eigenvalue weighted by atomic mass is 35.5. The highest BCUT2D eigenvalue weighted by Gasteiger charge is 2.16. The van der Waals surface area contributed by atoms with Crippen LogP contribution in [0.3, 0.4) is 0 Å². The first-order chi connectivity index (χ1) is 9.19. The molecule has 0 unspecified atom stereocenters. The molecule has 1 aliphatic carbocycles. The smallest absolute Gasteiger partial charge is 0.251 e. The number of nitrogen functional groups attached to an aromatic ring is 1. The van der Waals surface area contributed by atoms with E-state index in [0.717, 1.165) is 12.8 Å². The Morgan fingerprint density at radius 2 is 1.95 bits per heavy atom. The van der Waals surface area contributed by atoms with E-state index in [0.29, 0.717) is 11.4 Å². The maximum atomic E-state index is 12.2. The van der Waals surface area contributed by atoms with Gasteiger partial charge in [-0.3, -0.25) is 4.79 Å². The van der Waals surface area contributed by atoms with E-state index < -0.39 is 0 Å². The Labute approximate surface area is 117 Å². The Balaban J connectivity index is 2.04. The first kappa shape index (κ1) is 14.1.